The molecule has 0 amide bonds. The smallest absolute Gasteiger partial charge is 0.271 e. The van der Waals surface area contributed by atoms with Crippen molar-refractivity contribution in [1.29, 1.82) is 0 Å². The van der Waals surface area contributed by atoms with Crippen LogP contribution in [0.2, 0.25) is 0 Å². The van der Waals surface area contributed by atoms with Crippen LogP contribution in [-0.2, 0) is 0 Å². The standard InChI is InChI=1S/C12H17F3N2S/c13-12(14,15)8-4-5-10(17-16)9-18-11-6-2-1-3-7-11/h1-3,6-7,10,17H,4-5,8-9,16H2. The number of hydrazine groups is 1. The van der Waals surface area contributed by atoms with Crippen molar-refractivity contribution in [2.45, 2.75) is 36.4 Å². The second-order valence-electron chi connectivity index (χ2n) is 4.00. The third-order valence-electron chi connectivity index (χ3n) is 2.44. The van der Waals surface area contributed by atoms with Crippen LogP contribution in [0.5, 0.6) is 0 Å². The van der Waals surface area contributed by atoms with E-state index >= 15 is 0 Å². The zero-order valence-corrected chi connectivity index (χ0v) is 10.7. The van der Waals surface area contributed by atoms with Gasteiger partial charge in [-0.1, -0.05) is 18.2 Å². The molecular formula is C12H17F3N2S. The van der Waals surface area contributed by atoms with E-state index in [0.717, 1.165) is 4.90 Å². The quantitative estimate of drug-likeness (QED) is 0.456. The lowest BCUT2D eigenvalue weighted by atomic mass is 10.1. The van der Waals surface area contributed by atoms with Gasteiger partial charge in [0, 0.05) is 23.1 Å². The molecule has 1 aromatic carbocycles. The van der Waals surface area contributed by atoms with Crippen molar-refractivity contribution >= 4 is 11.8 Å². The molecule has 0 fully saturated rings. The number of alkyl halides is 3. The van der Waals surface area contributed by atoms with Crippen molar-refractivity contribution in [1.82, 2.24) is 5.43 Å². The third-order valence-corrected chi connectivity index (χ3v) is 3.62. The SMILES string of the molecule is NNC(CCCC(F)(F)F)CSc1ccccc1. The Morgan fingerprint density at radius 3 is 2.44 bits per heavy atom. The Kier molecular flexibility index (Phi) is 6.52. The topological polar surface area (TPSA) is 38.0 Å². The van der Waals surface area contributed by atoms with Gasteiger partial charge in [-0.2, -0.15) is 13.2 Å². The number of benzene rings is 1. The van der Waals surface area contributed by atoms with Gasteiger partial charge in [-0.05, 0) is 25.0 Å². The summed E-state index contributed by atoms with van der Waals surface area (Å²) >= 11 is 1.59. The van der Waals surface area contributed by atoms with E-state index in [4.69, 9.17) is 5.84 Å². The summed E-state index contributed by atoms with van der Waals surface area (Å²) in [5, 5.41) is 0. The van der Waals surface area contributed by atoms with Gasteiger partial charge in [-0.25, -0.2) is 0 Å². The Morgan fingerprint density at radius 2 is 1.89 bits per heavy atom. The van der Waals surface area contributed by atoms with Crippen LogP contribution in [0.1, 0.15) is 19.3 Å². The minimum Gasteiger partial charge on any atom is -0.271 e. The van der Waals surface area contributed by atoms with Crippen LogP contribution < -0.4 is 11.3 Å². The van der Waals surface area contributed by atoms with Gasteiger partial charge in [0.1, 0.15) is 0 Å². The monoisotopic (exact) mass is 278 g/mol. The van der Waals surface area contributed by atoms with Crippen LogP contribution in [0.3, 0.4) is 0 Å². The maximum Gasteiger partial charge on any atom is 0.389 e. The first-order valence-electron chi connectivity index (χ1n) is 5.72. The lowest BCUT2D eigenvalue weighted by Crippen LogP contribution is -2.37. The molecule has 1 rings (SSSR count). The fourth-order valence-corrected chi connectivity index (χ4v) is 2.48. The number of thioether (sulfide) groups is 1. The van der Waals surface area contributed by atoms with Crippen LogP contribution in [-0.4, -0.2) is 18.0 Å². The van der Waals surface area contributed by atoms with E-state index in [2.05, 4.69) is 5.43 Å². The highest BCUT2D eigenvalue weighted by atomic mass is 32.2. The largest absolute Gasteiger partial charge is 0.389 e. The molecule has 1 aromatic rings. The van der Waals surface area contributed by atoms with Gasteiger partial charge in [-0.3, -0.25) is 11.3 Å². The van der Waals surface area contributed by atoms with Crippen LogP contribution in [0, 0.1) is 0 Å². The normalized spacial score (nSPS) is 13.6. The molecule has 0 spiro atoms. The number of halogens is 3. The molecule has 0 saturated carbocycles. The first-order chi connectivity index (χ1) is 8.51. The van der Waals surface area contributed by atoms with Gasteiger partial charge in [0.05, 0.1) is 0 Å². The molecule has 1 atom stereocenters. The highest BCUT2D eigenvalue weighted by Crippen LogP contribution is 2.24. The fraction of sp³-hybridized carbons (Fsp3) is 0.500. The number of hydrogen-bond acceptors (Lipinski definition) is 3. The molecule has 2 nitrogen and oxygen atoms in total. The first-order valence-corrected chi connectivity index (χ1v) is 6.70. The maximum absolute atomic E-state index is 12.0. The van der Waals surface area contributed by atoms with Crippen LogP contribution in [0.4, 0.5) is 13.2 Å². The van der Waals surface area contributed by atoms with Gasteiger partial charge in [0.15, 0.2) is 0 Å². The highest BCUT2D eigenvalue weighted by molar-refractivity contribution is 7.99. The summed E-state index contributed by atoms with van der Waals surface area (Å²) in [4.78, 5) is 1.09. The summed E-state index contributed by atoms with van der Waals surface area (Å²) in [6.45, 7) is 0. The van der Waals surface area contributed by atoms with Gasteiger partial charge in [-0.15, -0.1) is 11.8 Å². The zero-order valence-electron chi connectivity index (χ0n) is 9.91. The van der Waals surface area contributed by atoms with E-state index in [-0.39, 0.29) is 12.5 Å². The maximum atomic E-state index is 12.0. The van der Waals surface area contributed by atoms with E-state index in [1.165, 1.54) is 0 Å². The minimum absolute atomic E-state index is 0.0995. The summed E-state index contributed by atoms with van der Waals surface area (Å²) in [7, 11) is 0. The predicted molar refractivity (Wildman–Crippen MR) is 68.2 cm³/mol. The molecule has 0 radical (unpaired) electrons. The van der Waals surface area contributed by atoms with Crippen molar-refractivity contribution < 1.29 is 13.2 Å². The summed E-state index contributed by atoms with van der Waals surface area (Å²) in [5.74, 6) is 6.01. The molecule has 0 aliphatic rings. The molecule has 1 unspecified atom stereocenters. The molecular weight excluding hydrogens is 261 g/mol. The van der Waals surface area contributed by atoms with E-state index in [9.17, 15) is 13.2 Å². The molecule has 6 heteroatoms. The van der Waals surface area contributed by atoms with Crippen molar-refractivity contribution in [2.24, 2.45) is 5.84 Å². The number of hydrogen-bond donors (Lipinski definition) is 2. The Balaban J connectivity index is 2.25. The molecule has 0 aromatic heterocycles. The molecule has 0 saturated heterocycles. The molecule has 0 aliphatic carbocycles. The highest BCUT2D eigenvalue weighted by Gasteiger charge is 2.26. The molecule has 0 heterocycles. The number of nitrogens with two attached hydrogens (primary N) is 1. The second kappa shape index (κ2) is 7.66. The van der Waals surface area contributed by atoms with Crippen molar-refractivity contribution in [3.8, 4) is 0 Å². The predicted octanol–water partition coefficient (Wildman–Crippen LogP) is 3.34. The average Bonchev–Trinajstić information content (AvgIpc) is 2.33. The summed E-state index contributed by atoms with van der Waals surface area (Å²) in [6, 6.07) is 9.61. The third kappa shape index (κ3) is 6.88. The number of rotatable bonds is 7. The Bertz CT molecular complexity index is 330. The van der Waals surface area contributed by atoms with Crippen molar-refractivity contribution in [2.75, 3.05) is 5.75 Å². The van der Waals surface area contributed by atoms with Gasteiger partial charge < -0.3 is 0 Å². The van der Waals surface area contributed by atoms with Crippen LogP contribution >= 0.6 is 11.8 Å². The molecule has 0 bridgehead atoms. The van der Waals surface area contributed by atoms with E-state index in [0.29, 0.717) is 12.2 Å². The van der Waals surface area contributed by atoms with E-state index < -0.39 is 12.6 Å². The van der Waals surface area contributed by atoms with Crippen molar-refractivity contribution in [3.63, 3.8) is 0 Å². The van der Waals surface area contributed by atoms with Crippen molar-refractivity contribution in [3.05, 3.63) is 30.3 Å². The van der Waals surface area contributed by atoms with Crippen LogP contribution in [0.25, 0.3) is 0 Å². The van der Waals surface area contributed by atoms with E-state index in [1.54, 1.807) is 11.8 Å². The second-order valence-corrected chi connectivity index (χ2v) is 5.09. The Morgan fingerprint density at radius 1 is 1.22 bits per heavy atom. The minimum atomic E-state index is -4.08. The summed E-state index contributed by atoms with van der Waals surface area (Å²) in [6.07, 6.45) is -4.30. The van der Waals surface area contributed by atoms with Gasteiger partial charge >= 0.3 is 6.18 Å². The Hall–Kier alpha value is -0.720. The fourth-order valence-electron chi connectivity index (χ4n) is 1.48. The summed E-state index contributed by atoms with van der Waals surface area (Å²) in [5.41, 5.74) is 2.57. The van der Waals surface area contributed by atoms with Crippen LogP contribution in [0.15, 0.2) is 35.2 Å². The van der Waals surface area contributed by atoms with Gasteiger partial charge in [0.2, 0.25) is 0 Å². The average molecular weight is 278 g/mol. The lowest BCUT2D eigenvalue weighted by molar-refractivity contribution is -0.135. The zero-order chi connectivity index (χ0) is 13.4. The van der Waals surface area contributed by atoms with Gasteiger partial charge in [0.25, 0.3) is 0 Å². The molecule has 102 valence electrons. The molecule has 0 aliphatic heterocycles. The lowest BCUT2D eigenvalue weighted by Gasteiger charge is -2.15. The molecule has 18 heavy (non-hydrogen) atoms. The molecule has 3 N–H and O–H groups in total. The first kappa shape index (κ1) is 15.3. The summed E-state index contributed by atoms with van der Waals surface area (Å²) < 4.78 is 36.0. The van der Waals surface area contributed by atoms with E-state index in [1.807, 2.05) is 30.3 Å². The Labute approximate surface area is 109 Å². The number of nitrogens with one attached hydrogen (secondary N) is 1.